The number of rotatable bonds is 7. The van der Waals surface area contributed by atoms with Crippen LogP contribution in [0.3, 0.4) is 0 Å². The second-order valence-electron chi connectivity index (χ2n) is 6.31. The van der Waals surface area contributed by atoms with Crippen LogP contribution in [0.5, 0.6) is 5.75 Å². The van der Waals surface area contributed by atoms with Crippen LogP contribution in [0.1, 0.15) is 20.8 Å². The summed E-state index contributed by atoms with van der Waals surface area (Å²) < 4.78 is 7.41. The van der Waals surface area contributed by atoms with Gasteiger partial charge in [-0.25, -0.2) is 0 Å². The zero-order valence-electron chi connectivity index (χ0n) is 16.3. The summed E-state index contributed by atoms with van der Waals surface area (Å²) in [4.78, 5) is 3.10. The molecule has 2 heterocycles. The molecule has 0 unspecified atom stereocenters. The summed E-state index contributed by atoms with van der Waals surface area (Å²) in [7, 11) is 0. The molecule has 4 aromatic rings. The molecular formula is C21H23N5OS. The lowest BCUT2D eigenvalue weighted by Gasteiger charge is -2.20. The lowest BCUT2D eigenvalue weighted by molar-refractivity contribution is 0.340. The first kappa shape index (κ1) is 18.4. The molecule has 2 aromatic carbocycles. The molecule has 7 heteroatoms. The Morgan fingerprint density at radius 1 is 0.964 bits per heavy atom. The van der Waals surface area contributed by atoms with Gasteiger partial charge in [-0.05, 0) is 57.2 Å². The highest BCUT2D eigenvalue weighted by Crippen LogP contribution is 2.30. The van der Waals surface area contributed by atoms with Gasteiger partial charge in [0.15, 0.2) is 5.82 Å². The third kappa shape index (κ3) is 3.45. The summed E-state index contributed by atoms with van der Waals surface area (Å²) >= 11 is 1.54. The molecule has 0 fully saturated rings. The van der Waals surface area contributed by atoms with Crippen molar-refractivity contribution in [2.75, 3.05) is 24.6 Å². The lowest BCUT2D eigenvalue weighted by atomic mass is 10.2. The van der Waals surface area contributed by atoms with Crippen LogP contribution in [0.2, 0.25) is 0 Å². The van der Waals surface area contributed by atoms with Gasteiger partial charge in [-0.1, -0.05) is 23.5 Å². The molecular weight excluding hydrogens is 370 g/mol. The van der Waals surface area contributed by atoms with Crippen LogP contribution in [0.25, 0.3) is 26.9 Å². The zero-order valence-corrected chi connectivity index (χ0v) is 17.1. The molecule has 2 aromatic heterocycles. The normalized spacial score (nSPS) is 11.1. The van der Waals surface area contributed by atoms with Gasteiger partial charge in [-0.3, -0.25) is 0 Å². The maximum atomic E-state index is 5.60. The number of nitrogens with zero attached hydrogens (tertiary/aromatic N) is 5. The van der Waals surface area contributed by atoms with Gasteiger partial charge in [-0.2, -0.15) is 9.61 Å². The van der Waals surface area contributed by atoms with Crippen LogP contribution in [0.4, 0.5) is 5.69 Å². The van der Waals surface area contributed by atoms with E-state index in [4.69, 9.17) is 9.84 Å². The van der Waals surface area contributed by atoms with Crippen LogP contribution in [0, 0.1) is 0 Å². The average molecular weight is 394 g/mol. The fourth-order valence-corrected chi connectivity index (χ4v) is 4.05. The Morgan fingerprint density at radius 2 is 1.75 bits per heavy atom. The largest absolute Gasteiger partial charge is 0.494 e. The van der Waals surface area contributed by atoms with Gasteiger partial charge in [0.2, 0.25) is 4.96 Å². The smallest absolute Gasteiger partial charge is 0.235 e. The Labute approximate surface area is 168 Å². The van der Waals surface area contributed by atoms with Gasteiger partial charge >= 0.3 is 0 Å². The molecule has 0 N–H and O–H groups in total. The summed E-state index contributed by atoms with van der Waals surface area (Å²) in [6.07, 6.45) is 0. The van der Waals surface area contributed by atoms with E-state index in [1.165, 1.54) is 17.0 Å². The van der Waals surface area contributed by atoms with Crippen molar-refractivity contribution in [1.82, 2.24) is 19.8 Å². The first-order valence-electron chi connectivity index (χ1n) is 9.54. The van der Waals surface area contributed by atoms with Gasteiger partial charge in [0.05, 0.1) is 6.61 Å². The number of hydrogen-bond donors (Lipinski definition) is 0. The van der Waals surface area contributed by atoms with Crippen molar-refractivity contribution < 1.29 is 4.74 Å². The Morgan fingerprint density at radius 3 is 2.46 bits per heavy atom. The number of benzene rings is 2. The molecule has 0 aliphatic carbocycles. The first-order valence-corrected chi connectivity index (χ1v) is 10.4. The van der Waals surface area contributed by atoms with Gasteiger partial charge in [-0.15, -0.1) is 10.2 Å². The van der Waals surface area contributed by atoms with E-state index in [0.717, 1.165) is 45.8 Å². The van der Waals surface area contributed by atoms with E-state index in [2.05, 4.69) is 53.2 Å². The number of anilines is 1. The molecule has 0 aliphatic heterocycles. The fourth-order valence-electron chi connectivity index (χ4n) is 3.21. The van der Waals surface area contributed by atoms with E-state index >= 15 is 0 Å². The van der Waals surface area contributed by atoms with Crippen LogP contribution < -0.4 is 9.64 Å². The number of ether oxygens (including phenoxy) is 1. The van der Waals surface area contributed by atoms with Crippen molar-refractivity contribution >= 4 is 22.0 Å². The summed E-state index contributed by atoms with van der Waals surface area (Å²) in [6.45, 7) is 8.93. The summed E-state index contributed by atoms with van der Waals surface area (Å²) in [5, 5.41) is 14.3. The monoisotopic (exact) mass is 393 g/mol. The molecule has 0 radical (unpaired) electrons. The maximum absolute atomic E-state index is 5.60. The Kier molecular flexibility index (Phi) is 5.25. The van der Waals surface area contributed by atoms with Gasteiger partial charge < -0.3 is 9.64 Å². The highest BCUT2D eigenvalue weighted by Gasteiger charge is 2.15. The van der Waals surface area contributed by atoms with Gasteiger partial charge in [0.25, 0.3) is 0 Å². The fraction of sp³-hybridized carbons (Fsp3) is 0.286. The third-order valence-corrected chi connectivity index (χ3v) is 5.58. The predicted octanol–water partition coefficient (Wildman–Crippen LogP) is 4.76. The molecule has 144 valence electrons. The van der Waals surface area contributed by atoms with Crippen molar-refractivity contribution in [3.05, 3.63) is 48.5 Å². The molecule has 0 bridgehead atoms. The molecule has 0 aliphatic rings. The van der Waals surface area contributed by atoms with E-state index in [1.807, 2.05) is 35.7 Å². The van der Waals surface area contributed by atoms with Gasteiger partial charge in [0, 0.05) is 29.9 Å². The number of aromatic nitrogens is 4. The second kappa shape index (κ2) is 7.98. The molecule has 0 atom stereocenters. The van der Waals surface area contributed by atoms with E-state index in [9.17, 15) is 0 Å². The minimum Gasteiger partial charge on any atom is -0.494 e. The summed E-state index contributed by atoms with van der Waals surface area (Å²) in [5.41, 5.74) is 3.25. The third-order valence-electron chi connectivity index (χ3n) is 4.64. The molecule has 0 saturated carbocycles. The van der Waals surface area contributed by atoms with Crippen LogP contribution in [-0.4, -0.2) is 39.5 Å². The van der Waals surface area contributed by atoms with Crippen LogP contribution in [0.15, 0.2) is 48.5 Å². The van der Waals surface area contributed by atoms with E-state index in [-0.39, 0.29) is 0 Å². The highest BCUT2D eigenvalue weighted by atomic mass is 32.1. The minimum atomic E-state index is 0.628. The van der Waals surface area contributed by atoms with E-state index in [1.54, 1.807) is 0 Å². The highest BCUT2D eigenvalue weighted by molar-refractivity contribution is 7.19. The lowest BCUT2D eigenvalue weighted by Crippen LogP contribution is -2.21. The van der Waals surface area contributed by atoms with Crippen molar-refractivity contribution in [2.45, 2.75) is 20.8 Å². The SMILES string of the molecule is CCOc1cccc(-c2nnc3sc(-c4ccc(N(CC)CC)cc4)nn23)c1. The topological polar surface area (TPSA) is 55.6 Å². The Bertz CT molecular complexity index is 1070. The Hall–Kier alpha value is -2.93. The summed E-state index contributed by atoms with van der Waals surface area (Å²) in [6, 6.07) is 16.4. The molecule has 0 amide bonds. The van der Waals surface area contributed by atoms with Crippen molar-refractivity contribution in [2.24, 2.45) is 0 Å². The molecule has 0 spiro atoms. The van der Waals surface area contributed by atoms with E-state index < -0.39 is 0 Å². The molecule has 6 nitrogen and oxygen atoms in total. The minimum absolute atomic E-state index is 0.628. The van der Waals surface area contributed by atoms with Crippen molar-refractivity contribution in [3.63, 3.8) is 0 Å². The average Bonchev–Trinajstić information content (AvgIpc) is 3.31. The van der Waals surface area contributed by atoms with Crippen LogP contribution >= 0.6 is 11.3 Å². The molecule has 28 heavy (non-hydrogen) atoms. The zero-order chi connectivity index (χ0) is 19.5. The molecule has 0 saturated heterocycles. The second-order valence-corrected chi connectivity index (χ2v) is 7.26. The van der Waals surface area contributed by atoms with Crippen molar-refractivity contribution in [1.29, 1.82) is 0 Å². The standard InChI is InChI=1S/C21H23N5OS/c1-4-25(5-2)17-12-10-15(11-13-17)20-24-26-19(22-23-21(26)28-20)16-8-7-9-18(14-16)27-6-3/h7-14H,4-6H2,1-3H3. The van der Waals surface area contributed by atoms with Gasteiger partial charge in [0.1, 0.15) is 10.8 Å². The quantitative estimate of drug-likeness (QED) is 0.453. The van der Waals surface area contributed by atoms with Crippen molar-refractivity contribution in [3.8, 4) is 27.7 Å². The number of fused-ring (bicyclic) bond motifs is 1. The van der Waals surface area contributed by atoms with Crippen LogP contribution in [-0.2, 0) is 0 Å². The summed E-state index contributed by atoms with van der Waals surface area (Å²) in [5.74, 6) is 1.54. The number of hydrogen-bond acceptors (Lipinski definition) is 6. The van der Waals surface area contributed by atoms with E-state index in [0.29, 0.717) is 6.61 Å². The first-order chi connectivity index (χ1) is 13.7. The maximum Gasteiger partial charge on any atom is 0.235 e. The molecule has 4 rings (SSSR count). The Balaban J connectivity index is 1.67. The predicted molar refractivity (Wildman–Crippen MR) is 114 cm³/mol.